The fourth-order valence-electron chi connectivity index (χ4n) is 3.08. The second-order valence-electron chi connectivity index (χ2n) is 7.58. The van der Waals surface area contributed by atoms with Crippen molar-refractivity contribution in [1.82, 2.24) is 9.78 Å². The van der Waals surface area contributed by atoms with Crippen molar-refractivity contribution in [1.29, 1.82) is 0 Å². The molecule has 1 N–H and O–H groups in total. The van der Waals surface area contributed by atoms with Gasteiger partial charge in [-0.3, -0.25) is 4.68 Å². The maximum atomic E-state index is 13.7. The van der Waals surface area contributed by atoms with E-state index in [0.717, 1.165) is 40.6 Å². The number of aliphatic hydroxyl groups is 1. The molecule has 4 nitrogen and oxygen atoms in total. The Balaban J connectivity index is 1.93. The van der Waals surface area contributed by atoms with Gasteiger partial charge in [-0.2, -0.15) is 5.10 Å². The van der Waals surface area contributed by atoms with Crippen molar-refractivity contribution in [2.75, 3.05) is 0 Å². The molecule has 0 unspecified atom stereocenters. The SMILES string of the molecule is Cn1nc(CO)cc1CCc1cc(OC(C)(C)C)c2ccc(F)cc2c1. The van der Waals surface area contributed by atoms with Crippen LogP contribution in [-0.4, -0.2) is 20.5 Å². The first kappa shape index (κ1) is 18.4. The van der Waals surface area contributed by atoms with Crippen molar-refractivity contribution >= 4 is 10.8 Å². The van der Waals surface area contributed by atoms with Gasteiger partial charge in [-0.15, -0.1) is 0 Å². The summed E-state index contributed by atoms with van der Waals surface area (Å²) in [5.41, 5.74) is 2.46. The van der Waals surface area contributed by atoms with Crippen LogP contribution >= 0.6 is 0 Å². The van der Waals surface area contributed by atoms with Gasteiger partial charge in [-0.05, 0) is 74.9 Å². The molecule has 0 aliphatic carbocycles. The zero-order valence-electron chi connectivity index (χ0n) is 15.7. The molecule has 0 aliphatic heterocycles. The molecule has 0 aliphatic rings. The number of rotatable bonds is 5. The summed E-state index contributed by atoms with van der Waals surface area (Å²) in [6.07, 6.45) is 1.55. The van der Waals surface area contributed by atoms with Crippen LogP contribution in [0.2, 0.25) is 0 Å². The lowest BCUT2D eigenvalue weighted by molar-refractivity contribution is 0.133. The van der Waals surface area contributed by atoms with Crippen molar-refractivity contribution in [3.05, 3.63) is 59.2 Å². The molecule has 0 bridgehead atoms. The molecule has 0 amide bonds. The summed E-state index contributed by atoms with van der Waals surface area (Å²) in [6.45, 7) is 5.94. The van der Waals surface area contributed by atoms with Gasteiger partial charge >= 0.3 is 0 Å². The Bertz CT molecular complexity index is 926. The molecule has 3 aromatic rings. The number of halogens is 1. The molecule has 3 rings (SSSR count). The average Bonchev–Trinajstić information content (AvgIpc) is 2.91. The van der Waals surface area contributed by atoms with E-state index < -0.39 is 0 Å². The van der Waals surface area contributed by atoms with E-state index >= 15 is 0 Å². The standard InChI is InChI=1S/C21H25FN2O2/c1-21(2,3)26-20-10-14(9-15-11-16(22)6-8-19(15)20)5-7-18-12-17(13-25)23-24(18)4/h6,8-12,25H,5,7,13H2,1-4H3. The lowest BCUT2D eigenvalue weighted by Crippen LogP contribution is -2.23. The quantitative estimate of drug-likeness (QED) is 0.746. The number of benzene rings is 2. The minimum absolute atomic E-state index is 0.0628. The van der Waals surface area contributed by atoms with Crippen LogP contribution in [0.5, 0.6) is 5.75 Å². The summed E-state index contributed by atoms with van der Waals surface area (Å²) in [6, 6.07) is 10.7. The van der Waals surface area contributed by atoms with Gasteiger partial charge in [0.05, 0.1) is 12.3 Å². The number of aryl methyl sites for hydroxylation is 3. The summed E-state index contributed by atoms with van der Waals surface area (Å²) in [5, 5.41) is 15.2. The van der Waals surface area contributed by atoms with Crippen LogP contribution in [0.25, 0.3) is 10.8 Å². The van der Waals surface area contributed by atoms with E-state index in [1.165, 1.54) is 6.07 Å². The lowest BCUT2D eigenvalue weighted by atomic mass is 10.0. The van der Waals surface area contributed by atoms with E-state index in [-0.39, 0.29) is 18.0 Å². The molecule has 0 spiro atoms. The van der Waals surface area contributed by atoms with E-state index in [2.05, 4.69) is 5.10 Å². The van der Waals surface area contributed by atoms with Crippen LogP contribution in [0.15, 0.2) is 36.4 Å². The number of hydrogen-bond acceptors (Lipinski definition) is 3. The predicted molar refractivity (Wildman–Crippen MR) is 101 cm³/mol. The van der Waals surface area contributed by atoms with Gasteiger partial charge in [-0.25, -0.2) is 4.39 Å². The lowest BCUT2D eigenvalue weighted by Gasteiger charge is -2.23. The fraction of sp³-hybridized carbons (Fsp3) is 0.381. The Morgan fingerprint density at radius 2 is 1.88 bits per heavy atom. The van der Waals surface area contributed by atoms with Crippen molar-refractivity contribution in [2.24, 2.45) is 7.05 Å². The molecule has 0 fully saturated rings. The maximum absolute atomic E-state index is 13.7. The molecule has 1 aromatic heterocycles. The number of hydrogen-bond donors (Lipinski definition) is 1. The predicted octanol–water partition coefficient (Wildman–Crippen LogP) is 4.17. The number of aliphatic hydroxyl groups excluding tert-OH is 1. The molecule has 1 heterocycles. The number of aromatic nitrogens is 2. The molecule has 0 atom stereocenters. The Hall–Kier alpha value is -2.40. The third-order valence-electron chi connectivity index (χ3n) is 4.21. The Kier molecular flexibility index (Phi) is 5.01. The Morgan fingerprint density at radius 1 is 1.12 bits per heavy atom. The minimum atomic E-state index is -0.335. The van der Waals surface area contributed by atoms with Gasteiger partial charge in [0.2, 0.25) is 0 Å². The largest absolute Gasteiger partial charge is 0.488 e. The van der Waals surface area contributed by atoms with Crippen LogP contribution in [-0.2, 0) is 26.5 Å². The van der Waals surface area contributed by atoms with Gasteiger partial charge in [-0.1, -0.05) is 6.07 Å². The van der Waals surface area contributed by atoms with Gasteiger partial charge in [0, 0.05) is 18.1 Å². The smallest absolute Gasteiger partial charge is 0.128 e. The third kappa shape index (κ3) is 4.22. The highest BCUT2D eigenvalue weighted by Gasteiger charge is 2.15. The van der Waals surface area contributed by atoms with Crippen LogP contribution in [0.4, 0.5) is 4.39 Å². The molecule has 5 heteroatoms. The Morgan fingerprint density at radius 3 is 2.54 bits per heavy atom. The van der Waals surface area contributed by atoms with E-state index in [1.807, 2.05) is 46.0 Å². The summed E-state index contributed by atoms with van der Waals surface area (Å²) in [4.78, 5) is 0. The Labute approximate surface area is 153 Å². The first-order valence-electron chi connectivity index (χ1n) is 8.79. The van der Waals surface area contributed by atoms with Crippen LogP contribution < -0.4 is 4.74 Å². The fourth-order valence-corrected chi connectivity index (χ4v) is 3.08. The summed E-state index contributed by atoms with van der Waals surface area (Å²) in [7, 11) is 1.87. The van der Waals surface area contributed by atoms with Crippen LogP contribution in [0, 0.1) is 5.82 Å². The van der Waals surface area contributed by atoms with E-state index in [9.17, 15) is 9.50 Å². The van der Waals surface area contributed by atoms with Crippen LogP contribution in [0.1, 0.15) is 37.7 Å². The first-order valence-corrected chi connectivity index (χ1v) is 8.79. The molecule has 0 saturated carbocycles. The molecular weight excluding hydrogens is 331 g/mol. The minimum Gasteiger partial charge on any atom is -0.488 e. The van der Waals surface area contributed by atoms with Gasteiger partial charge in [0.1, 0.15) is 17.2 Å². The topological polar surface area (TPSA) is 47.3 Å². The molecule has 0 radical (unpaired) electrons. The molecule has 26 heavy (non-hydrogen) atoms. The molecule has 0 saturated heterocycles. The van der Waals surface area contributed by atoms with Gasteiger partial charge < -0.3 is 9.84 Å². The summed E-state index contributed by atoms with van der Waals surface area (Å²) >= 11 is 0. The van der Waals surface area contributed by atoms with Crippen LogP contribution in [0.3, 0.4) is 0 Å². The third-order valence-corrected chi connectivity index (χ3v) is 4.21. The zero-order valence-corrected chi connectivity index (χ0v) is 15.7. The number of fused-ring (bicyclic) bond motifs is 1. The number of nitrogens with zero attached hydrogens (tertiary/aromatic N) is 2. The van der Waals surface area contributed by atoms with E-state index in [0.29, 0.717) is 5.69 Å². The summed E-state index contributed by atoms with van der Waals surface area (Å²) in [5.74, 6) is 0.515. The second kappa shape index (κ2) is 7.08. The second-order valence-corrected chi connectivity index (χ2v) is 7.58. The van der Waals surface area contributed by atoms with E-state index in [1.54, 1.807) is 16.8 Å². The van der Waals surface area contributed by atoms with E-state index in [4.69, 9.17) is 4.74 Å². The highest BCUT2D eigenvalue weighted by molar-refractivity contribution is 5.89. The highest BCUT2D eigenvalue weighted by Crippen LogP contribution is 2.31. The zero-order chi connectivity index (χ0) is 18.9. The van der Waals surface area contributed by atoms with Crippen molar-refractivity contribution in [3.8, 4) is 5.75 Å². The highest BCUT2D eigenvalue weighted by atomic mass is 19.1. The monoisotopic (exact) mass is 356 g/mol. The van der Waals surface area contributed by atoms with Crippen molar-refractivity contribution in [2.45, 2.75) is 45.8 Å². The van der Waals surface area contributed by atoms with Gasteiger partial charge in [0.15, 0.2) is 0 Å². The average molecular weight is 356 g/mol. The van der Waals surface area contributed by atoms with Gasteiger partial charge in [0.25, 0.3) is 0 Å². The maximum Gasteiger partial charge on any atom is 0.128 e. The molecule has 138 valence electrons. The normalized spacial score (nSPS) is 11.9. The summed E-state index contributed by atoms with van der Waals surface area (Å²) < 4.78 is 21.6. The number of ether oxygens (including phenoxy) is 1. The molecular formula is C21H25FN2O2. The first-order chi connectivity index (χ1) is 12.2. The van der Waals surface area contributed by atoms with Crippen molar-refractivity contribution in [3.63, 3.8) is 0 Å². The van der Waals surface area contributed by atoms with Crippen molar-refractivity contribution < 1.29 is 14.2 Å². The molecule has 2 aromatic carbocycles.